The number of amides is 1. The van der Waals surface area contributed by atoms with Crippen LogP contribution in [0.2, 0.25) is 0 Å². The van der Waals surface area contributed by atoms with Crippen LogP contribution in [0.3, 0.4) is 0 Å². The Labute approximate surface area is 139 Å². The lowest BCUT2D eigenvalue weighted by Gasteiger charge is -2.33. The number of carbonyl (C=O) groups is 3. The van der Waals surface area contributed by atoms with Crippen LogP contribution < -0.4 is 5.32 Å². The topological polar surface area (TPSA) is 72.5 Å². The predicted octanol–water partition coefficient (Wildman–Crippen LogP) is 3.00. The van der Waals surface area contributed by atoms with Gasteiger partial charge in [0.25, 0.3) is 5.91 Å². The van der Waals surface area contributed by atoms with Crippen molar-refractivity contribution in [3.63, 3.8) is 0 Å². The number of cyclic esters (lactones) is 1. The molecule has 5 heteroatoms. The van der Waals surface area contributed by atoms with Gasteiger partial charge in [0.15, 0.2) is 11.4 Å². The summed E-state index contributed by atoms with van der Waals surface area (Å²) in [6, 6.07) is 13.8. The number of Topliss-reactive ketones (excluding diaryl/α,β-unsaturated/α-hetero) is 1. The number of hydrogen-bond donors (Lipinski definition) is 1. The highest BCUT2D eigenvalue weighted by Crippen LogP contribution is 2.29. The quantitative estimate of drug-likeness (QED) is 0.696. The number of esters is 1. The molecule has 1 N–H and O–H groups in total. The molecule has 2 aromatic carbocycles. The highest BCUT2D eigenvalue weighted by Gasteiger charge is 2.42. The minimum Gasteiger partial charge on any atom is -0.445 e. The molecule has 1 aliphatic rings. The third-order valence-corrected chi connectivity index (χ3v) is 4.12. The van der Waals surface area contributed by atoms with Crippen LogP contribution in [0.5, 0.6) is 0 Å². The van der Waals surface area contributed by atoms with Gasteiger partial charge >= 0.3 is 5.97 Å². The number of fused-ring (bicyclic) bond motifs is 1. The summed E-state index contributed by atoms with van der Waals surface area (Å²) in [6.07, 6.45) is 0.281. The van der Waals surface area contributed by atoms with Gasteiger partial charge in [-0.05, 0) is 37.6 Å². The Balaban J connectivity index is 1.89. The van der Waals surface area contributed by atoms with Crippen LogP contribution in [0.15, 0.2) is 48.5 Å². The number of benzene rings is 2. The number of ketones is 1. The van der Waals surface area contributed by atoms with E-state index in [0.717, 1.165) is 5.56 Å². The molecule has 0 aromatic heterocycles. The van der Waals surface area contributed by atoms with E-state index in [1.165, 1.54) is 6.92 Å². The zero-order valence-electron chi connectivity index (χ0n) is 13.5. The first-order valence-electron chi connectivity index (χ1n) is 7.63. The minimum absolute atomic E-state index is 0.151. The maximum Gasteiger partial charge on any atom is 0.339 e. The van der Waals surface area contributed by atoms with E-state index in [2.05, 4.69) is 5.32 Å². The molecule has 3 rings (SSSR count). The third-order valence-electron chi connectivity index (χ3n) is 4.12. The van der Waals surface area contributed by atoms with Crippen molar-refractivity contribution in [3.05, 3.63) is 65.2 Å². The highest BCUT2D eigenvalue weighted by molar-refractivity contribution is 6.07. The zero-order chi connectivity index (χ0) is 17.3. The van der Waals surface area contributed by atoms with Crippen molar-refractivity contribution in [2.24, 2.45) is 0 Å². The van der Waals surface area contributed by atoms with Gasteiger partial charge in [0.05, 0.1) is 11.3 Å². The summed E-state index contributed by atoms with van der Waals surface area (Å²) >= 11 is 0. The molecule has 0 radical (unpaired) electrons. The van der Waals surface area contributed by atoms with Gasteiger partial charge in [-0.25, -0.2) is 4.79 Å². The SMILES string of the molecule is CC(=O)c1ccccc1NC(=O)C1(C)Cc2ccccc2C(=O)O1. The molecule has 1 aliphatic heterocycles. The molecule has 5 nitrogen and oxygen atoms in total. The number of ether oxygens (including phenoxy) is 1. The molecule has 0 aliphatic carbocycles. The summed E-state index contributed by atoms with van der Waals surface area (Å²) < 4.78 is 5.40. The smallest absolute Gasteiger partial charge is 0.339 e. The molecule has 0 fully saturated rings. The Morgan fingerprint density at radius 3 is 2.50 bits per heavy atom. The molecule has 1 atom stereocenters. The van der Waals surface area contributed by atoms with Gasteiger partial charge in [0, 0.05) is 12.0 Å². The maximum atomic E-state index is 12.7. The lowest BCUT2D eigenvalue weighted by Crippen LogP contribution is -2.49. The molecule has 2 aromatic rings. The van der Waals surface area contributed by atoms with Crippen LogP contribution in [0.4, 0.5) is 5.69 Å². The van der Waals surface area contributed by atoms with Crippen molar-refractivity contribution >= 4 is 23.3 Å². The molecule has 122 valence electrons. The van der Waals surface area contributed by atoms with Crippen LogP contribution >= 0.6 is 0 Å². The van der Waals surface area contributed by atoms with Gasteiger partial charge in [-0.2, -0.15) is 0 Å². The average molecular weight is 323 g/mol. The van der Waals surface area contributed by atoms with Crippen molar-refractivity contribution in [1.29, 1.82) is 0 Å². The van der Waals surface area contributed by atoms with Gasteiger partial charge in [-0.1, -0.05) is 30.3 Å². The number of rotatable bonds is 3. The van der Waals surface area contributed by atoms with E-state index in [-0.39, 0.29) is 12.2 Å². The molecule has 24 heavy (non-hydrogen) atoms. The van der Waals surface area contributed by atoms with E-state index in [1.807, 2.05) is 12.1 Å². The van der Waals surface area contributed by atoms with Crippen molar-refractivity contribution in [3.8, 4) is 0 Å². The van der Waals surface area contributed by atoms with Crippen molar-refractivity contribution in [2.75, 3.05) is 5.32 Å². The number of nitrogens with one attached hydrogen (secondary N) is 1. The Morgan fingerprint density at radius 2 is 1.75 bits per heavy atom. The second kappa shape index (κ2) is 5.92. The minimum atomic E-state index is -1.32. The fourth-order valence-electron chi connectivity index (χ4n) is 2.81. The van der Waals surface area contributed by atoms with Gasteiger partial charge in [-0.3, -0.25) is 9.59 Å². The van der Waals surface area contributed by atoms with E-state index in [0.29, 0.717) is 16.8 Å². The highest BCUT2D eigenvalue weighted by atomic mass is 16.6. The summed E-state index contributed by atoms with van der Waals surface area (Å²) in [6.45, 7) is 3.01. The molecule has 1 amide bonds. The molecule has 1 heterocycles. The van der Waals surface area contributed by atoms with Gasteiger partial charge < -0.3 is 10.1 Å². The van der Waals surface area contributed by atoms with E-state index >= 15 is 0 Å². The average Bonchev–Trinajstić information content (AvgIpc) is 2.55. The van der Waals surface area contributed by atoms with Gasteiger partial charge in [0.1, 0.15) is 0 Å². The molecule has 0 saturated carbocycles. The monoisotopic (exact) mass is 323 g/mol. The van der Waals surface area contributed by atoms with Crippen LogP contribution in [0.1, 0.15) is 40.1 Å². The fourth-order valence-corrected chi connectivity index (χ4v) is 2.81. The molecule has 0 saturated heterocycles. The second-order valence-electron chi connectivity index (χ2n) is 6.01. The standard InChI is InChI=1S/C19H17NO4/c1-12(21)14-8-5-6-10-16(14)20-18(23)19(2)11-13-7-3-4-9-15(13)17(22)24-19/h3-10H,11H2,1-2H3,(H,20,23). The van der Waals surface area contributed by atoms with E-state index in [1.54, 1.807) is 43.3 Å². The molecule has 0 spiro atoms. The normalized spacial score (nSPS) is 19.2. The van der Waals surface area contributed by atoms with Crippen LogP contribution in [0, 0.1) is 0 Å². The first-order chi connectivity index (χ1) is 11.4. The first-order valence-corrected chi connectivity index (χ1v) is 7.63. The summed E-state index contributed by atoms with van der Waals surface area (Å²) in [5, 5.41) is 2.72. The van der Waals surface area contributed by atoms with Crippen molar-refractivity contribution in [2.45, 2.75) is 25.9 Å². The predicted molar refractivity (Wildman–Crippen MR) is 89.0 cm³/mol. The Kier molecular flexibility index (Phi) is 3.93. The van der Waals surface area contributed by atoms with Crippen LogP contribution in [-0.2, 0) is 16.0 Å². The number of carbonyl (C=O) groups excluding carboxylic acids is 3. The van der Waals surface area contributed by atoms with Crippen molar-refractivity contribution in [1.82, 2.24) is 0 Å². The van der Waals surface area contributed by atoms with Gasteiger partial charge in [-0.15, -0.1) is 0 Å². The van der Waals surface area contributed by atoms with E-state index < -0.39 is 17.5 Å². The number of para-hydroxylation sites is 1. The lowest BCUT2D eigenvalue weighted by atomic mass is 9.89. The summed E-state index contributed by atoms with van der Waals surface area (Å²) in [5.41, 5.74) is 0.747. The Bertz CT molecular complexity index is 843. The van der Waals surface area contributed by atoms with E-state index in [4.69, 9.17) is 4.74 Å². The lowest BCUT2D eigenvalue weighted by molar-refractivity contribution is -0.134. The van der Waals surface area contributed by atoms with E-state index in [9.17, 15) is 14.4 Å². The molecule has 1 unspecified atom stereocenters. The maximum absolute atomic E-state index is 12.7. The fraction of sp³-hybridized carbons (Fsp3) is 0.211. The zero-order valence-corrected chi connectivity index (χ0v) is 13.5. The largest absolute Gasteiger partial charge is 0.445 e. The molecular weight excluding hydrogens is 306 g/mol. The Hall–Kier alpha value is -2.95. The first kappa shape index (κ1) is 15.9. The number of hydrogen-bond acceptors (Lipinski definition) is 4. The summed E-state index contributed by atoms with van der Waals surface area (Å²) in [4.78, 5) is 36.6. The van der Waals surface area contributed by atoms with Crippen LogP contribution in [-0.4, -0.2) is 23.3 Å². The van der Waals surface area contributed by atoms with Crippen LogP contribution in [0.25, 0.3) is 0 Å². The second-order valence-corrected chi connectivity index (χ2v) is 6.01. The Morgan fingerprint density at radius 1 is 1.08 bits per heavy atom. The van der Waals surface area contributed by atoms with Crippen molar-refractivity contribution < 1.29 is 19.1 Å². The molecule has 0 bridgehead atoms. The molecular formula is C19H17NO4. The third kappa shape index (κ3) is 2.80. The summed E-state index contributed by atoms with van der Waals surface area (Å²) in [7, 11) is 0. The van der Waals surface area contributed by atoms with Gasteiger partial charge in [0.2, 0.25) is 0 Å². The summed E-state index contributed by atoms with van der Waals surface area (Å²) in [5.74, 6) is -1.13. The number of anilines is 1.